The minimum atomic E-state index is -0.560. The van der Waals surface area contributed by atoms with Gasteiger partial charge in [0.05, 0.1) is 0 Å². The third-order valence-electron chi connectivity index (χ3n) is 2.81. The molecule has 0 aromatic rings. The molecule has 0 fully saturated rings. The summed E-state index contributed by atoms with van der Waals surface area (Å²) in [7, 11) is 0. The molecule has 1 atom stereocenters. The molecule has 0 aliphatic heterocycles. The maximum absolute atomic E-state index is 11.9. The molecule has 0 aromatic carbocycles. The molecule has 4 nitrogen and oxygen atoms in total. The zero-order valence-electron chi connectivity index (χ0n) is 9.80. The molecule has 0 N–H and O–H groups in total. The average Bonchev–Trinajstić information content (AvgIpc) is 2.34. The highest BCUT2D eigenvalue weighted by Gasteiger charge is 2.27. The summed E-state index contributed by atoms with van der Waals surface area (Å²) in [6.45, 7) is 3.26. The SMILES string of the molecule is C=CCCC(=O)C(C[N+](=O)[O-])C1=CC=CCC1. The van der Waals surface area contributed by atoms with E-state index >= 15 is 0 Å². The molecule has 0 amide bonds. The first-order chi connectivity index (χ1) is 8.15. The van der Waals surface area contributed by atoms with E-state index in [1.807, 2.05) is 18.2 Å². The molecule has 0 spiro atoms. The molecular formula is C13H17NO3. The second-order valence-corrected chi connectivity index (χ2v) is 4.07. The van der Waals surface area contributed by atoms with Gasteiger partial charge in [0.15, 0.2) is 0 Å². The fourth-order valence-corrected chi connectivity index (χ4v) is 1.91. The number of hydrogen-bond donors (Lipinski definition) is 0. The normalized spacial score (nSPS) is 16.1. The van der Waals surface area contributed by atoms with E-state index in [0.717, 1.165) is 18.4 Å². The van der Waals surface area contributed by atoms with Crippen LogP contribution in [0.3, 0.4) is 0 Å². The Morgan fingerprint density at radius 1 is 1.65 bits per heavy atom. The first-order valence-corrected chi connectivity index (χ1v) is 5.76. The largest absolute Gasteiger partial charge is 0.299 e. The van der Waals surface area contributed by atoms with Crippen molar-refractivity contribution in [2.45, 2.75) is 25.7 Å². The number of carbonyl (C=O) groups excluding carboxylic acids is 1. The van der Waals surface area contributed by atoms with Crippen LogP contribution in [0.1, 0.15) is 25.7 Å². The van der Waals surface area contributed by atoms with Crippen molar-refractivity contribution in [3.8, 4) is 0 Å². The molecule has 1 unspecified atom stereocenters. The number of nitrogens with zero attached hydrogens (tertiary/aromatic N) is 1. The molecule has 0 bridgehead atoms. The molecule has 92 valence electrons. The van der Waals surface area contributed by atoms with Gasteiger partial charge < -0.3 is 0 Å². The zero-order valence-corrected chi connectivity index (χ0v) is 9.80. The summed E-state index contributed by atoms with van der Waals surface area (Å²) in [6.07, 6.45) is 9.89. The summed E-state index contributed by atoms with van der Waals surface area (Å²) in [4.78, 5) is 22.1. The topological polar surface area (TPSA) is 60.2 Å². The van der Waals surface area contributed by atoms with E-state index in [9.17, 15) is 14.9 Å². The monoisotopic (exact) mass is 235 g/mol. The van der Waals surface area contributed by atoms with Gasteiger partial charge in [-0.3, -0.25) is 14.9 Å². The second kappa shape index (κ2) is 6.78. The predicted octanol–water partition coefficient (Wildman–Crippen LogP) is 2.69. The molecule has 0 radical (unpaired) electrons. The van der Waals surface area contributed by atoms with Gasteiger partial charge in [-0.2, -0.15) is 0 Å². The lowest BCUT2D eigenvalue weighted by atomic mass is 9.87. The van der Waals surface area contributed by atoms with Gasteiger partial charge in [0.1, 0.15) is 11.7 Å². The Kier molecular flexibility index (Phi) is 5.33. The van der Waals surface area contributed by atoms with Crippen molar-refractivity contribution in [1.29, 1.82) is 0 Å². The predicted molar refractivity (Wildman–Crippen MR) is 66.2 cm³/mol. The van der Waals surface area contributed by atoms with Crippen LogP contribution >= 0.6 is 0 Å². The van der Waals surface area contributed by atoms with Crippen LogP contribution in [-0.4, -0.2) is 17.3 Å². The lowest BCUT2D eigenvalue weighted by Crippen LogP contribution is -2.25. The Bertz CT molecular complexity index is 369. The van der Waals surface area contributed by atoms with Crippen LogP contribution < -0.4 is 0 Å². The lowest BCUT2D eigenvalue weighted by molar-refractivity contribution is -0.484. The highest BCUT2D eigenvalue weighted by atomic mass is 16.6. The molecular weight excluding hydrogens is 218 g/mol. The maximum Gasteiger partial charge on any atom is 0.217 e. The zero-order chi connectivity index (χ0) is 12.7. The Morgan fingerprint density at radius 3 is 2.94 bits per heavy atom. The molecule has 4 heteroatoms. The summed E-state index contributed by atoms with van der Waals surface area (Å²) in [5, 5.41) is 10.6. The van der Waals surface area contributed by atoms with E-state index in [1.54, 1.807) is 6.08 Å². The van der Waals surface area contributed by atoms with E-state index in [0.29, 0.717) is 12.8 Å². The summed E-state index contributed by atoms with van der Waals surface area (Å²) in [6, 6.07) is 0. The minimum absolute atomic E-state index is 0.0526. The quantitative estimate of drug-likeness (QED) is 0.387. The molecule has 0 heterocycles. The standard InChI is InChI=1S/C13H17NO3/c1-2-3-9-13(15)12(10-14(16)17)11-7-5-4-6-8-11/h2,4-5,7,12H,1,3,6,8-10H2. The number of ketones is 1. The van der Waals surface area contributed by atoms with Gasteiger partial charge in [-0.05, 0) is 19.3 Å². The van der Waals surface area contributed by atoms with E-state index < -0.39 is 10.8 Å². The highest BCUT2D eigenvalue weighted by Crippen LogP contribution is 2.23. The van der Waals surface area contributed by atoms with Gasteiger partial charge in [-0.1, -0.05) is 29.9 Å². The third-order valence-corrected chi connectivity index (χ3v) is 2.81. The third kappa shape index (κ3) is 4.34. The van der Waals surface area contributed by atoms with Crippen LogP contribution in [0.5, 0.6) is 0 Å². The van der Waals surface area contributed by atoms with Gasteiger partial charge in [0, 0.05) is 11.3 Å². The number of hydrogen-bond acceptors (Lipinski definition) is 3. The molecule has 0 saturated carbocycles. The summed E-state index contributed by atoms with van der Waals surface area (Å²) in [5.41, 5.74) is 0.887. The van der Waals surface area contributed by atoms with Gasteiger partial charge >= 0.3 is 0 Å². The van der Waals surface area contributed by atoms with Crippen LogP contribution in [0.2, 0.25) is 0 Å². The minimum Gasteiger partial charge on any atom is -0.299 e. The fraction of sp³-hybridized carbons (Fsp3) is 0.462. The van der Waals surface area contributed by atoms with Crippen molar-refractivity contribution in [3.63, 3.8) is 0 Å². The number of rotatable bonds is 7. The number of carbonyl (C=O) groups is 1. The maximum atomic E-state index is 11.9. The van der Waals surface area contributed by atoms with Crippen molar-refractivity contribution in [1.82, 2.24) is 0 Å². The summed E-state index contributed by atoms with van der Waals surface area (Å²) < 4.78 is 0. The van der Waals surface area contributed by atoms with Crippen molar-refractivity contribution >= 4 is 5.78 Å². The first kappa shape index (κ1) is 13.4. The van der Waals surface area contributed by atoms with E-state index in [1.165, 1.54) is 0 Å². The highest BCUT2D eigenvalue weighted by molar-refractivity contribution is 5.84. The van der Waals surface area contributed by atoms with Gasteiger partial charge in [0.2, 0.25) is 6.54 Å². The smallest absolute Gasteiger partial charge is 0.217 e. The van der Waals surface area contributed by atoms with Crippen molar-refractivity contribution < 1.29 is 9.72 Å². The molecule has 0 saturated heterocycles. The van der Waals surface area contributed by atoms with Crippen LogP contribution in [0.15, 0.2) is 36.5 Å². The molecule has 0 aromatic heterocycles. The van der Waals surface area contributed by atoms with E-state index in [2.05, 4.69) is 6.58 Å². The van der Waals surface area contributed by atoms with Crippen LogP contribution in [-0.2, 0) is 4.79 Å². The molecule has 17 heavy (non-hydrogen) atoms. The van der Waals surface area contributed by atoms with Crippen molar-refractivity contribution in [2.24, 2.45) is 5.92 Å². The van der Waals surface area contributed by atoms with E-state index in [4.69, 9.17) is 0 Å². The van der Waals surface area contributed by atoms with Crippen molar-refractivity contribution in [3.05, 3.63) is 46.6 Å². The molecule has 1 aliphatic carbocycles. The van der Waals surface area contributed by atoms with Crippen LogP contribution in [0.4, 0.5) is 0 Å². The number of allylic oxidation sites excluding steroid dienone is 4. The van der Waals surface area contributed by atoms with Crippen molar-refractivity contribution in [2.75, 3.05) is 6.54 Å². The second-order valence-electron chi connectivity index (χ2n) is 4.07. The van der Waals surface area contributed by atoms with Gasteiger partial charge in [0.25, 0.3) is 0 Å². The lowest BCUT2D eigenvalue weighted by Gasteiger charge is -2.16. The molecule has 1 rings (SSSR count). The van der Waals surface area contributed by atoms with Crippen LogP contribution in [0, 0.1) is 16.0 Å². The Hall–Kier alpha value is -1.71. The average molecular weight is 235 g/mol. The Morgan fingerprint density at radius 2 is 2.41 bits per heavy atom. The number of Topliss-reactive ketones (excluding diaryl/α,β-unsaturated/α-hetero) is 1. The molecule has 1 aliphatic rings. The van der Waals surface area contributed by atoms with E-state index in [-0.39, 0.29) is 12.3 Å². The fourth-order valence-electron chi connectivity index (χ4n) is 1.91. The van der Waals surface area contributed by atoms with Gasteiger partial charge in [-0.15, -0.1) is 6.58 Å². The number of nitro groups is 1. The van der Waals surface area contributed by atoms with Gasteiger partial charge in [-0.25, -0.2) is 0 Å². The Labute approximate surface area is 101 Å². The summed E-state index contributed by atoms with van der Waals surface area (Å²) >= 11 is 0. The summed E-state index contributed by atoms with van der Waals surface area (Å²) in [5.74, 6) is -0.613. The Balaban J connectivity index is 2.75. The first-order valence-electron chi connectivity index (χ1n) is 5.76. The van der Waals surface area contributed by atoms with Crippen LogP contribution in [0.25, 0.3) is 0 Å².